The van der Waals surface area contributed by atoms with Crippen LogP contribution >= 0.6 is 0 Å². The number of aromatic nitrogens is 4. The van der Waals surface area contributed by atoms with Crippen LogP contribution in [0, 0.1) is 12.8 Å². The summed E-state index contributed by atoms with van der Waals surface area (Å²) in [5, 5.41) is 0. The summed E-state index contributed by atoms with van der Waals surface area (Å²) in [6, 6.07) is 0.0642. The van der Waals surface area contributed by atoms with Crippen LogP contribution in [0.5, 0.6) is 0 Å². The first kappa shape index (κ1) is 15.3. The summed E-state index contributed by atoms with van der Waals surface area (Å²) in [6.45, 7) is 2.79. The zero-order valence-electron chi connectivity index (χ0n) is 14.1. The quantitative estimate of drug-likeness (QED) is 0.870. The summed E-state index contributed by atoms with van der Waals surface area (Å²) in [5.74, 6) is 2.19. The summed E-state index contributed by atoms with van der Waals surface area (Å²) in [7, 11) is 0. The Balaban J connectivity index is 1.60. The average Bonchev–Trinajstić information content (AvgIpc) is 3.35. The fourth-order valence-electron chi connectivity index (χ4n) is 4.01. The minimum absolute atomic E-state index is 0.0642. The molecule has 1 saturated heterocycles. The number of hydrogen-bond acceptors (Lipinski definition) is 4. The molecule has 24 heavy (non-hydrogen) atoms. The zero-order valence-corrected chi connectivity index (χ0v) is 14.1. The second-order valence-electron chi connectivity index (χ2n) is 6.82. The van der Waals surface area contributed by atoms with Crippen LogP contribution in [0.1, 0.15) is 56.1 Å². The number of aryl methyl sites for hydroxylation is 1. The van der Waals surface area contributed by atoms with Crippen LogP contribution in [0.2, 0.25) is 0 Å². The Morgan fingerprint density at radius 2 is 2.00 bits per heavy atom. The maximum Gasteiger partial charge on any atom is 0.226 e. The van der Waals surface area contributed by atoms with E-state index in [-0.39, 0.29) is 12.0 Å². The molecule has 126 valence electrons. The second kappa shape index (κ2) is 6.34. The number of carbonyl (C=O) groups is 1. The summed E-state index contributed by atoms with van der Waals surface area (Å²) in [4.78, 5) is 28.3. The number of nitrogens with zero attached hydrogens (tertiary/aromatic N) is 5. The molecule has 0 unspecified atom stereocenters. The smallest absolute Gasteiger partial charge is 0.226 e. The summed E-state index contributed by atoms with van der Waals surface area (Å²) < 4.78 is 1.93. The molecular formula is C18H23N5O. The molecule has 2 aromatic rings. The van der Waals surface area contributed by atoms with Crippen molar-refractivity contribution in [2.45, 2.75) is 51.5 Å². The van der Waals surface area contributed by atoms with Crippen molar-refractivity contribution >= 4 is 5.91 Å². The molecule has 1 aliphatic carbocycles. The highest BCUT2D eigenvalue weighted by atomic mass is 16.2. The van der Waals surface area contributed by atoms with E-state index in [4.69, 9.17) is 4.98 Å². The highest BCUT2D eigenvalue weighted by molar-refractivity contribution is 5.79. The Morgan fingerprint density at radius 3 is 2.75 bits per heavy atom. The lowest BCUT2D eigenvalue weighted by Gasteiger charge is -2.27. The molecular weight excluding hydrogens is 302 g/mol. The van der Waals surface area contributed by atoms with Gasteiger partial charge in [0, 0.05) is 24.9 Å². The number of rotatable bonds is 3. The van der Waals surface area contributed by atoms with Crippen LogP contribution in [-0.2, 0) is 4.79 Å². The predicted octanol–water partition coefficient (Wildman–Crippen LogP) is 2.82. The van der Waals surface area contributed by atoms with Gasteiger partial charge in [0.2, 0.25) is 5.91 Å². The van der Waals surface area contributed by atoms with E-state index in [9.17, 15) is 4.79 Å². The number of amides is 1. The predicted molar refractivity (Wildman–Crippen MR) is 89.5 cm³/mol. The van der Waals surface area contributed by atoms with Crippen molar-refractivity contribution in [2.24, 2.45) is 5.92 Å². The Labute approximate surface area is 141 Å². The normalized spacial score (nSPS) is 21.5. The summed E-state index contributed by atoms with van der Waals surface area (Å²) in [5.41, 5.74) is 0.893. The van der Waals surface area contributed by atoms with Gasteiger partial charge in [0.15, 0.2) is 5.82 Å². The minimum atomic E-state index is 0.0642. The lowest BCUT2D eigenvalue weighted by molar-refractivity contribution is -0.136. The molecule has 2 aromatic heterocycles. The van der Waals surface area contributed by atoms with Crippen LogP contribution in [0.25, 0.3) is 5.82 Å². The van der Waals surface area contributed by atoms with Crippen molar-refractivity contribution in [1.29, 1.82) is 0 Å². The third kappa shape index (κ3) is 2.70. The van der Waals surface area contributed by atoms with Crippen LogP contribution in [0.15, 0.2) is 24.8 Å². The van der Waals surface area contributed by atoms with Gasteiger partial charge in [0.05, 0.1) is 24.1 Å². The highest BCUT2D eigenvalue weighted by Crippen LogP contribution is 2.35. The van der Waals surface area contributed by atoms with Crippen LogP contribution < -0.4 is 0 Å². The molecule has 3 heterocycles. The van der Waals surface area contributed by atoms with E-state index in [1.54, 1.807) is 18.6 Å². The molecule has 2 fully saturated rings. The molecule has 0 aromatic carbocycles. The molecule has 6 nitrogen and oxygen atoms in total. The van der Waals surface area contributed by atoms with Crippen molar-refractivity contribution in [3.05, 3.63) is 36.3 Å². The monoisotopic (exact) mass is 325 g/mol. The van der Waals surface area contributed by atoms with Gasteiger partial charge in [0.1, 0.15) is 5.82 Å². The second-order valence-corrected chi connectivity index (χ2v) is 6.82. The van der Waals surface area contributed by atoms with Crippen LogP contribution in [-0.4, -0.2) is 36.9 Å². The Morgan fingerprint density at radius 1 is 1.17 bits per heavy atom. The summed E-state index contributed by atoms with van der Waals surface area (Å²) >= 11 is 0. The molecule has 0 radical (unpaired) electrons. The average molecular weight is 325 g/mol. The van der Waals surface area contributed by atoms with Gasteiger partial charge in [-0.15, -0.1) is 0 Å². The van der Waals surface area contributed by atoms with E-state index in [0.717, 1.165) is 49.6 Å². The van der Waals surface area contributed by atoms with Gasteiger partial charge in [-0.3, -0.25) is 14.3 Å². The van der Waals surface area contributed by atoms with Gasteiger partial charge in [-0.1, -0.05) is 12.8 Å². The maximum atomic E-state index is 12.9. The lowest BCUT2D eigenvalue weighted by atomic mass is 10.1. The first-order chi connectivity index (χ1) is 11.7. The summed E-state index contributed by atoms with van der Waals surface area (Å²) in [6.07, 6.45) is 13.7. The molecule has 1 atom stereocenters. The van der Waals surface area contributed by atoms with Crippen molar-refractivity contribution in [2.75, 3.05) is 6.54 Å². The van der Waals surface area contributed by atoms with E-state index in [1.807, 2.05) is 22.6 Å². The van der Waals surface area contributed by atoms with Crippen LogP contribution in [0.4, 0.5) is 0 Å². The van der Waals surface area contributed by atoms with E-state index in [2.05, 4.69) is 9.97 Å². The molecule has 0 N–H and O–H groups in total. The molecule has 0 bridgehead atoms. The van der Waals surface area contributed by atoms with Gasteiger partial charge in [-0.2, -0.15) is 0 Å². The van der Waals surface area contributed by atoms with E-state index < -0.39 is 0 Å². The minimum Gasteiger partial charge on any atom is -0.334 e. The van der Waals surface area contributed by atoms with Crippen molar-refractivity contribution in [3.8, 4) is 5.82 Å². The van der Waals surface area contributed by atoms with Crippen LogP contribution in [0.3, 0.4) is 0 Å². The third-order valence-corrected chi connectivity index (χ3v) is 5.29. The highest BCUT2D eigenvalue weighted by Gasteiger charge is 2.35. The van der Waals surface area contributed by atoms with Crippen molar-refractivity contribution in [3.63, 3.8) is 0 Å². The fraction of sp³-hybridized carbons (Fsp3) is 0.556. The Bertz CT molecular complexity index is 735. The Hall–Kier alpha value is -2.24. The van der Waals surface area contributed by atoms with Gasteiger partial charge in [-0.25, -0.2) is 9.97 Å². The number of likely N-dealkylation sites (tertiary alicyclic amines) is 1. The number of carbonyl (C=O) groups excluding carboxylic acids is 1. The molecule has 4 rings (SSSR count). The number of hydrogen-bond donors (Lipinski definition) is 0. The zero-order chi connectivity index (χ0) is 16.5. The number of imidazole rings is 1. The van der Waals surface area contributed by atoms with Gasteiger partial charge < -0.3 is 4.90 Å². The topological polar surface area (TPSA) is 63.9 Å². The van der Waals surface area contributed by atoms with Crippen molar-refractivity contribution in [1.82, 2.24) is 24.4 Å². The first-order valence-corrected chi connectivity index (χ1v) is 8.87. The standard InChI is InChI=1S/C18H23N5O/c1-13-20-8-10-22(13)17-12-19-11-15(21-17)16-7-4-9-23(16)18(24)14-5-2-3-6-14/h8,10-12,14,16H,2-7,9H2,1H3/t16-/m0/s1. The van der Waals surface area contributed by atoms with E-state index >= 15 is 0 Å². The lowest BCUT2D eigenvalue weighted by Crippen LogP contribution is -2.35. The SMILES string of the molecule is Cc1nccn1-c1cncc([C@@H]2CCCN2C(=O)C2CCCC2)n1. The molecule has 1 aliphatic heterocycles. The van der Waals surface area contributed by atoms with Gasteiger partial charge >= 0.3 is 0 Å². The van der Waals surface area contributed by atoms with Gasteiger partial charge in [-0.05, 0) is 32.6 Å². The molecule has 1 amide bonds. The molecule has 6 heteroatoms. The first-order valence-electron chi connectivity index (χ1n) is 8.87. The third-order valence-electron chi connectivity index (χ3n) is 5.29. The molecule has 1 saturated carbocycles. The largest absolute Gasteiger partial charge is 0.334 e. The maximum absolute atomic E-state index is 12.9. The van der Waals surface area contributed by atoms with Crippen molar-refractivity contribution < 1.29 is 4.79 Å². The van der Waals surface area contributed by atoms with E-state index in [1.165, 1.54) is 12.8 Å². The van der Waals surface area contributed by atoms with Gasteiger partial charge in [0.25, 0.3) is 0 Å². The Kier molecular flexibility index (Phi) is 4.04. The molecule has 2 aliphatic rings. The fourth-order valence-corrected chi connectivity index (χ4v) is 4.01. The van der Waals surface area contributed by atoms with E-state index in [0.29, 0.717) is 5.91 Å². The molecule has 0 spiro atoms.